The van der Waals surface area contributed by atoms with Gasteiger partial charge >= 0.3 is 18.0 Å². The lowest BCUT2D eigenvalue weighted by Crippen LogP contribution is -2.46. The molecule has 2 aromatic rings. The molecule has 1 N–H and O–H groups in total. The first kappa shape index (κ1) is 31.3. The van der Waals surface area contributed by atoms with Gasteiger partial charge in [-0.15, -0.1) is 0 Å². The van der Waals surface area contributed by atoms with Crippen LogP contribution < -0.4 is 10.2 Å². The molecule has 0 unspecified atom stereocenters. The van der Waals surface area contributed by atoms with Gasteiger partial charge in [-0.1, -0.05) is 30.3 Å². The maximum atomic E-state index is 14.7. The highest BCUT2D eigenvalue weighted by Gasteiger charge is 2.34. The maximum Gasteiger partial charge on any atom is 0.414 e. The van der Waals surface area contributed by atoms with Gasteiger partial charge in [0.05, 0.1) is 0 Å². The van der Waals surface area contributed by atoms with Crippen molar-refractivity contribution in [2.75, 3.05) is 11.9 Å². The van der Waals surface area contributed by atoms with E-state index < -0.39 is 53.8 Å². The number of halogens is 1. The highest BCUT2D eigenvalue weighted by Crippen LogP contribution is 2.18. The van der Waals surface area contributed by atoms with Crippen LogP contribution in [0.4, 0.5) is 14.9 Å². The summed E-state index contributed by atoms with van der Waals surface area (Å²) in [4.78, 5) is 51.5. The molecule has 0 bridgehead atoms. The third kappa shape index (κ3) is 10.7. The van der Waals surface area contributed by atoms with E-state index in [2.05, 4.69) is 5.32 Å². The molecule has 2 aromatic carbocycles. The second kappa shape index (κ2) is 13.2. The molecule has 10 heteroatoms. The van der Waals surface area contributed by atoms with Crippen LogP contribution in [0.25, 0.3) is 0 Å². The van der Waals surface area contributed by atoms with Gasteiger partial charge in [0.15, 0.2) is 6.17 Å². The average Bonchev–Trinajstić information content (AvgIpc) is 2.85. The molecular formula is C29H37FN2O7. The highest BCUT2D eigenvalue weighted by atomic mass is 19.1. The molecular weight excluding hydrogens is 507 g/mol. The quantitative estimate of drug-likeness (QED) is 0.350. The third-order valence-corrected chi connectivity index (χ3v) is 5.10. The Morgan fingerprint density at radius 3 is 1.92 bits per heavy atom. The molecule has 0 fully saturated rings. The van der Waals surface area contributed by atoms with Gasteiger partial charge in [0.25, 0.3) is 5.91 Å². The number of benzene rings is 2. The second-order valence-corrected chi connectivity index (χ2v) is 10.9. The maximum absolute atomic E-state index is 14.7. The van der Waals surface area contributed by atoms with E-state index in [9.17, 15) is 23.6 Å². The number of nitrogens with zero attached hydrogens (tertiary/aromatic N) is 1. The zero-order valence-corrected chi connectivity index (χ0v) is 23.4. The number of hydrogen-bond acceptors (Lipinski definition) is 7. The van der Waals surface area contributed by atoms with Crippen LogP contribution in [0.2, 0.25) is 0 Å². The fourth-order valence-electron chi connectivity index (χ4n) is 3.26. The van der Waals surface area contributed by atoms with Crippen molar-refractivity contribution in [2.45, 2.75) is 78.0 Å². The lowest BCUT2D eigenvalue weighted by atomic mass is 10.1. The number of rotatable bonds is 9. The van der Waals surface area contributed by atoms with E-state index in [1.54, 1.807) is 41.5 Å². The molecule has 0 aliphatic rings. The Kier molecular flexibility index (Phi) is 10.6. The molecule has 2 atom stereocenters. The summed E-state index contributed by atoms with van der Waals surface area (Å²) in [6, 6.07) is 13.7. The predicted octanol–water partition coefficient (Wildman–Crippen LogP) is 4.97. The minimum Gasteiger partial charge on any atom is -0.458 e. The SMILES string of the molecule is CN(C(=O)OCc1ccccc1)c1ccc(C(=O)N[C@@H](C[C@H](F)C(=O)OC(C)(C)C)C(=O)OC(C)(C)C)cc1. The average molecular weight is 545 g/mol. The standard InChI is InChI=1S/C29H37FN2O7/c1-28(2,3)38-25(34)22(30)17-23(26(35)39-29(4,5)6)31-24(33)20-13-15-21(16-14-20)32(7)27(36)37-18-19-11-9-8-10-12-19/h8-16,22-23H,17-18H2,1-7H3,(H,31,33)/t22-,23-/m0/s1. The van der Waals surface area contributed by atoms with Gasteiger partial charge in [-0.05, 0) is 71.4 Å². The molecule has 0 saturated heterocycles. The number of ether oxygens (including phenoxy) is 3. The number of amides is 2. The van der Waals surface area contributed by atoms with E-state index >= 15 is 0 Å². The fraction of sp³-hybridized carbons (Fsp3) is 0.448. The smallest absolute Gasteiger partial charge is 0.414 e. The van der Waals surface area contributed by atoms with Gasteiger partial charge in [0.1, 0.15) is 23.9 Å². The highest BCUT2D eigenvalue weighted by molar-refractivity contribution is 5.97. The Balaban J connectivity index is 2.08. The summed E-state index contributed by atoms with van der Waals surface area (Å²) < 4.78 is 30.4. The number of carbonyl (C=O) groups excluding carboxylic acids is 4. The summed E-state index contributed by atoms with van der Waals surface area (Å²) in [5, 5.41) is 2.45. The van der Waals surface area contributed by atoms with E-state index in [1.807, 2.05) is 30.3 Å². The van der Waals surface area contributed by atoms with Crippen molar-refractivity contribution in [1.29, 1.82) is 0 Å². The summed E-state index contributed by atoms with van der Waals surface area (Å²) in [6.07, 6.45) is -3.42. The zero-order valence-electron chi connectivity index (χ0n) is 23.4. The molecule has 0 radical (unpaired) electrons. The van der Waals surface area contributed by atoms with Crippen molar-refractivity contribution in [3.05, 3.63) is 65.7 Å². The van der Waals surface area contributed by atoms with E-state index in [4.69, 9.17) is 14.2 Å². The molecule has 0 spiro atoms. The number of nitrogens with one attached hydrogen (secondary N) is 1. The topological polar surface area (TPSA) is 111 Å². The Bertz CT molecular complexity index is 1140. The lowest BCUT2D eigenvalue weighted by Gasteiger charge is -2.26. The van der Waals surface area contributed by atoms with Crippen molar-refractivity contribution >= 4 is 29.6 Å². The molecule has 0 aliphatic carbocycles. The molecule has 0 saturated carbocycles. The number of anilines is 1. The summed E-state index contributed by atoms with van der Waals surface area (Å²) in [7, 11) is 1.53. The molecule has 2 amide bonds. The number of hydrogen-bond donors (Lipinski definition) is 1. The van der Waals surface area contributed by atoms with Gasteiger partial charge in [0.2, 0.25) is 0 Å². The minimum absolute atomic E-state index is 0.107. The van der Waals surface area contributed by atoms with Crippen LogP contribution in [-0.2, 0) is 30.4 Å². The lowest BCUT2D eigenvalue weighted by molar-refractivity contribution is -0.163. The van der Waals surface area contributed by atoms with Crippen molar-refractivity contribution in [2.24, 2.45) is 0 Å². The number of alkyl halides is 1. The van der Waals surface area contributed by atoms with Crippen LogP contribution in [0.1, 0.15) is 63.9 Å². The van der Waals surface area contributed by atoms with Gasteiger partial charge in [-0.3, -0.25) is 9.69 Å². The van der Waals surface area contributed by atoms with E-state index in [0.29, 0.717) is 5.69 Å². The van der Waals surface area contributed by atoms with Crippen molar-refractivity contribution < 1.29 is 37.8 Å². The third-order valence-electron chi connectivity index (χ3n) is 5.10. The zero-order chi connectivity index (χ0) is 29.4. The van der Waals surface area contributed by atoms with Gasteiger partial charge in [0, 0.05) is 24.7 Å². The molecule has 0 aromatic heterocycles. The first-order chi connectivity index (χ1) is 18.1. The van der Waals surface area contributed by atoms with Crippen LogP contribution in [0.5, 0.6) is 0 Å². The number of carbonyl (C=O) groups is 4. The first-order valence-electron chi connectivity index (χ1n) is 12.5. The van der Waals surface area contributed by atoms with Crippen LogP contribution in [0, 0.1) is 0 Å². The Morgan fingerprint density at radius 2 is 1.38 bits per heavy atom. The normalized spacial score (nSPS) is 13.0. The Hall–Kier alpha value is -3.95. The second-order valence-electron chi connectivity index (χ2n) is 10.9. The van der Waals surface area contributed by atoms with Crippen molar-refractivity contribution in [3.63, 3.8) is 0 Å². The van der Waals surface area contributed by atoms with Gasteiger partial charge in [-0.25, -0.2) is 18.8 Å². The van der Waals surface area contributed by atoms with Gasteiger partial charge in [-0.2, -0.15) is 0 Å². The van der Waals surface area contributed by atoms with E-state index in [-0.39, 0.29) is 12.2 Å². The first-order valence-corrected chi connectivity index (χ1v) is 12.5. The van der Waals surface area contributed by atoms with Crippen LogP contribution in [0.3, 0.4) is 0 Å². The summed E-state index contributed by atoms with van der Waals surface area (Å²) in [6.45, 7) is 9.77. The molecule has 212 valence electrons. The molecule has 9 nitrogen and oxygen atoms in total. The Labute approximate surface area is 228 Å². The fourth-order valence-corrected chi connectivity index (χ4v) is 3.26. The molecule has 0 heterocycles. The minimum atomic E-state index is -2.17. The van der Waals surface area contributed by atoms with E-state index in [0.717, 1.165) is 5.56 Å². The summed E-state index contributed by atoms with van der Waals surface area (Å²) in [5.74, 6) is -2.72. The summed E-state index contributed by atoms with van der Waals surface area (Å²) in [5.41, 5.74) is -0.380. The number of esters is 2. The van der Waals surface area contributed by atoms with Crippen LogP contribution in [0.15, 0.2) is 54.6 Å². The van der Waals surface area contributed by atoms with Crippen molar-refractivity contribution in [1.82, 2.24) is 5.32 Å². The van der Waals surface area contributed by atoms with Crippen molar-refractivity contribution in [3.8, 4) is 0 Å². The molecule has 2 rings (SSSR count). The Morgan fingerprint density at radius 1 is 0.846 bits per heavy atom. The monoisotopic (exact) mass is 544 g/mol. The predicted molar refractivity (Wildman–Crippen MR) is 144 cm³/mol. The summed E-state index contributed by atoms with van der Waals surface area (Å²) >= 11 is 0. The largest absolute Gasteiger partial charge is 0.458 e. The van der Waals surface area contributed by atoms with E-state index in [1.165, 1.54) is 36.2 Å². The van der Waals surface area contributed by atoms with Crippen LogP contribution >= 0.6 is 0 Å². The van der Waals surface area contributed by atoms with Crippen LogP contribution in [-0.4, -0.2) is 54.4 Å². The molecule has 0 aliphatic heterocycles. The van der Waals surface area contributed by atoms with Gasteiger partial charge < -0.3 is 19.5 Å². The molecule has 39 heavy (non-hydrogen) atoms.